The molecule has 3 nitrogen and oxygen atoms in total. The van der Waals surface area contributed by atoms with Crippen LogP contribution in [0.1, 0.15) is 44.1 Å². The van der Waals surface area contributed by atoms with Gasteiger partial charge in [-0.2, -0.15) is 0 Å². The molecule has 22 heavy (non-hydrogen) atoms. The minimum absolute atomic E-state index is 0. The summed E-state index contributed by atoms with van der Waals surface area (Å²) in [4.78, 5) is 12.7. The van der Waals surface area contributed by atoms with Crippen molar-refractivity contribution >= 4 is 18.3 Å². The summed E-state index contributed by atoms with van der Waals surface area (Å²) in [5, 5.41) is 6.86. The monoisotopic (exact) mass is 324 g/mol. The van der Waals surface area contributed by atoms with E-state index < -0.39 is 5.41 Å². The lowest BCUT2D eigenvalue weighted by Crippen LogP contribution is -2.50. The molecule has 1 aromatic carbocycles. The lowest BCUT2D eigenvalue weighted by molar-refractivity contribution is -0.124. The number of benzene rings is 1. The van der Waals surface area contributed by atoms with E-state index in [1.807, 2.05) is 0 Å². The summed E-state index contributed by atoms with van der Waals surface area (Å²) in [6.07, 6.45) is 6.31. The number of carbonyl (C=O) groups is 1. The van der Waals surface area contributed by atoms with Gasteiger partial charge in [0, 0.05) is 18.1 Å². The first-order chi connectivity index (χ1) is 10.2. The normalized spacial score (nSPS) is 31.2. The molecule has 2 N–H and O–H groups in total. The van der Waals surface area contributed by atoms with Crippen LogP contribution in [0.5, 0.6) is 0 Å². The van der Waals surface area contributed by atoms with Crippen molar-refractivity contribution in [1.29, 1.82) is 0 Å². The van der Waals surface area contributed by atoms with E-state index in [1.54, 1.807) is 12.1 Å². The van der Waals surface area contributed by atoms with Crippen LogP contribution in [0.4, 0.5) is 4.39 Å². The second-order valence-corrected chi connectivity index (χ2v) is 6.87. The van der Waals surface area contributed by atoms with Crippen LogP contribution in [-0.4, -0.2) is 24.0 Å². The van der Waals surface area contributed by atoms with Crippen LogP contribution in [0.15, 0.2) is 24.3 Å². The fourth-order valence-electron chi connectivity index (χ4n) is 4.04. The molecule has 3 fully saturated rings. The zero-order chi connectivity index (χ0) is 14.4. The van der Waals surface area contributed by atoms with Crippen molar-refractivity contribution < 1.29 is 9.18 Å². The number of hydrogen-bond acceptors (Lipinski definition) is 2. The first kappa shape index (κ1) is 15.8. The molecule has 0 spiro atoms. The third-order valence-corrected chi connectivity index (χ3v) is 5.39. The molecule has 5 heteroatoms. The van der Waals surface area contributed by atoms with Crippen LogP contribution in [-0.2, 0) is 10.2 Å². The van der Waals surface area contributed by atoms with Gasteiger partial charge in [-0.05, 0) is 56.2 Å². The number of rotatable bonds is 3. The summed E-state index contributed by atoms with van der Waals surface area (Å²) < 4.78 is 13.1. The molecule has 0 aromatic heterocycles. The average molecular weight is 325 g/mol. The molecule has 1 saturated carbocycles. The Morgan fingerprint density at radius 1 is 1.14 bits per heavy atom. The second kappa shape index (κ2) is 5.82. The van der Waals surface area contributed by atoms with E-state index in [1.165, 1.54) is 25.0 Å². The third-order valence-electron chi connectivity index (χ3n) is 5.39. The van der Waals surface area contributed by atoms with E-state index in [-0.39, 0.29) is 24.1 Å². The van der Waals surface area contributed by atoms with Gasteiger partial charge >= 0.3 is 0 Å². The van der Waals surface area contributed by atoms with Crippen LogP contribution in [0, 0.1) is 5.82 Å². The summed E-state index contributed by atoms with van der Waals surface area (Å²) in [7, 11) is 0. The van der Waals surface area contributed by atoms with Crippen molar-refractivity contribution in [3.63, 3.8) is 0 Å². The molecule has 2 bridgehead atoms. The molecule has 2 atom stereocenters. The first-order valence-corrected chi connectivity index (χ1v) is 7.99. The highest BCUT2D eigenvalue weighted by Crippen LogP contribution is 2.48. The number of nitrogens with one attached hydrogen (secondary N) is 2. The van der Waals surface area contributed by atoms with E-state index in [0.717, 1.165) is 31.2 Å². The highest BCUT2D eigenvalue weighted by molar-refractivity contribution is 5.91. The predicted molar refractivity (Wildman–Crippen MR) is 85.7 cm³/mol. The lowest BCUT2D eigenvalue weighted by atomic mass is 9.93. The molecule has 1 amide bonds. The highest BCUT2D eigenvalue weighted by atomic mass is 35.5. The maximum atomic E-state index is 13.1. The van der Waals surface area contributed by atoms with Gasteiger partial charge in [-0.15, -0.1) is 12.4 Å². The smallest absolute Gasteiger partial charge is 0.230 e. The van der Waals surface area contributed by atoms with Gasteiger partial charge in [-0.25, -0.2) is 4.39 Å². The van der Waals surface area contributed by atoms with E-state index in [0.29, 0.717) is 18.1 Å². The molecular formula is C17H22ClFN2O. The Morgan fingerprint density at radius 2 is 1.73 bits per heavy atom. The van der Waals surface area contributed by atoms with Crippen LogP contribution in [0.2, 0.25) is 0 Å². The Morgan fingerprint density at radius 3 is 2.27 bits per heavy atom. The molecule has 0 radical (unpaired) electrons. The zero-order valence-corrected chi connectivity index (χ0v) is 13.3. The number of piperidine rings is 1. The van der Waals surface area contributed by atoms with Crippen LogP contribution in [0.3, 0.4) is 0 Å². The molecule has 4 rings (SSSR count). The van der Waals surface area contributed by atoms with Gasteiger partial charge in [0.05, 0.1) is 5.41 Å². The molecule has 1 aromatic rings. The first-order valence-electron chi connectivity index (χ1n) is 7.99. The molecule has 1 aliphatic carbocycles. The molecule has 120 valence electrons. The summed E-state index contributed by atoms with van der Waals surface area (Å²) in [6, 6.07) is 7.88. The molecular weight excluding hydrogens is 303 g/mol. The van der Waals surface area contributed by atoms with Crippen molar-refractivity contribution in [1.82, 2.24) is 10.6 Å². The average Bonchev–Trinajstić information content (AvgIpc) is 3.21. The van der Waals surface area contributed by atoms with Gasteiger partial charge in [0.25, 0.3) is 0 Å². The number of fused-ring (bicyclic) bond motifs is 2. The maximum absolute atomic E-state index is 13.1. The molecule has 3 aliphatic rings. The fraction of sp³-hybridized carbons (Fsp3) is 0.588. The van der Waals surface area contributed by atoms with E-state index >= 15 is 0 Å². The van der Waals surface area contributed by atoms with Crippen molar-refractivity contribution in [3.8, 4) is 0 Å². The minimum atomic E-state index is -0.391. The van der Waals surface area contributed by atoms with E-state index in [4.69, 9.17) is 0 Å². The van der Waals surface area contributed by atoms with Crippen LogP contribution in [0.25, 0.3) is 0 Å². The molecule has 2 aliphatic heterocycles. The molecule has 2 heterocycles. The van der Waals surface area contributed by atoms with Crippen molar-refractivity contribution in [2.75, 3.05) is 0 Å². The zero-order valence-electron chi connectivity index (χ0n) is 12.5. The van der Waals surface area contributed by atoms with Crippen molar-refractivity contribution in [2.24, 2.45) is 0 Å². The Hall–Kier alpha value is -1.13. The standard InChI is InChI=1S/C17H21FN2O.ClH/c18-12-3-1-11(2-4-12)17(7-8-17)16(21)20-15-9-13-5-6-14(10-15)19-13;/h1-4,13-15,19H,5-10H2,(H,20,21);1H. The topological polar surface area (TPSA) is 41.1 Å². The third kappa shape index (κ3) is 2.74. The van der Waals surface area contributed by atoms with E-state index in [9.17, 15) is 9.18 Å². The highest BCUT2D eigenvalue weighted by Gasteiger charge is 2.52. The Kier molecular flexibility index (Phi) is 4.17. The lowest BCUT2D eigenvalue weighted by Gasteiger charge is -2.31. The van der Waals surface area contributed by atoms with Gasteiger partial charge in [-0.3, -0.25) is 4.79 Å². The van der Waals surface area contributed by atoms with Gasteiger partial charge in [0.1, 0.15) is 5.82 Å². The van der Waals surface area contributed by atoms with Gasteiger partial charge in [0.15, 0.2) is 0 Å². The molecule has 2 unspecified atom stereocenters. The minimum Gasteiger partial charge on any atom is -0.352 e. The predicted octanol–water partition coefficient (Wildman–Crippen LogP) is 2.68. The number of amides is 1. The number of hydrogen-bond donors (Lipinski definition) is 2. The summed E-state index contributed by atoms with van der Waals surface area (Å²) in [5.74, 6) is -0.106. The quantitative estimate of drug-likeness (QED) is 0.897. The largest absolute Gasteiger partial charge is 0.352 e. The fourth-order valence-corrected chi connectivity index (χ4v) is 4.04. The Labute approximate surface area is 136 Å². The van der Waals surface area contributed by atoms with Gasteiger partial charge in [-0.1, -0.05) is 12.1 Å². The Balaban J connectivity index is 0.00000144. The number of halogens is 2. The van der Waals surface area contributed by atoms with Gasteiger partial charge in [0.2, 0.25) is 5.91 Å². The van der Waals surface area contributed by atoms with Crippen molar-refractivity contribution in [2.45, 2.75) is 62.1 Å². The van der Waals surface area contributed by atoms with Crippen LogP contribution < -0.4 is 10.6 Å². The van der Waals surface area contributed by atoms with E-state index in [2.05, 4.69) is 10.6 Å². The summed E-state index contributed by atoms with van der Waals surface area (Å²) >= 11 is 0. The summed E-state index contributed by atoms with van der Waals surface area (Å²) in [5.41, 5.74) is 0.566. The Bertz CT molecular complexity index is 546. The second-order valence-electron chi connectivity index (χ2n) is 6.87. The molecule has 2 saturated heterocycles. The summed E-state index contributed by atoms with van der Waals surface area (Å²) in [6.45, 7) is 0. The van der Waals surface area contributed by atoms with Gasteiger partial charge < -0.3 is 10.6 Å². The maximum Gasteiger partial charge on any atom is 0.230 e. The van der Waals surface area contributed by atoms with Crippen molar-refractivity contribution in [3.05, 3.63) is 35.6 Å². The number of carbonyl (C=O) groups excluding carboxylic acids is 1. The van der Waals surface area contributed by atoms with Crippen LogP contribution >= 0.6 is 12.4 Å². The SMILES string of the molecule is Cl.O=C(NC1CC2CCC(C1)N2)C1(c2ccc(F)cc2)CC1.